The minimum absolute atomic E-state index is 0.00987. The molecule has 3 N–H and O–H groups in total. The van der Waals surface area contributed by atoms with Gasteiger partial charge in [-0.25, -0.2) is 0 Å². The van der Waals surface area contributed by atoms with E-state index in [1.54, 1.807) is 24.3 Å². The van der Waals surface area contributed by atoms with Crippen molar-refractivity contribution in [2.45, 2.75) is 52.5 Å². The number of aliphatic carboxylic acids is 1. The third kappa shape index (κ3) is 6.02. The van der Waals surface area contributed by atoms with Crippen LogP contribution in [-0.2, 0) is 9.59 Å². The molecule has 2 unspecified atom stereocenters. The van der Waals surface area contributed by atoms with Crippen LogP contribution in [0.15, 0.2) is 24.3 Å². The van der Waals surface area contributed by atoms with Gasteiger partial charge in [0.1, 0.15) is 6.04 Å². The molecule has 0 spiro atoms. The number of carboxylic acids is 1. The highest BCUT2D eigenvalue weighted by molar-refractivity contribution is 5.97. The Bertz CT molecular complexity index is 569. The molecule has 0 saturated carbocycles. The lowest BCUT2D eigenvalue weighted by atomic mass is 9.98. The summed E-state index contributed by atoms with van der Waals surface area (Å²) in [5.41, 5.74) is 0.969. The van der Waals surface area contributed by atoms with Crippen molar-refractivity contribution in [1.29, 1.82) is 0 Å². The Morgan fingerprint density at radius 3 is 2.25 bits per heavy atom. The Hall–Kier alpha value is -2.37. The zero-order valence-electron chi connectivity index (χ0n) is 14.5. The van der Waals surface area contributed by atoms with Gasteiger partial charge in [0.2, 0.25) is 5.91 Å². The normalized spacial score (nSPS) is 13.0. The quantitative estimate of drug-likeness (QED) is 0.647. The monoisotopic (exact) mass is 334 g/mol. The first-order chi connectivity index (χ1) is 11.4. The van der Waals surface area contributed by atoms with Crippen LogP contribution in [0.5, 0.6) is 0 Å². The zero-order chi connectivity index (χ0) is 18.1. The summed E-state index contributed by atoms with van der Waals surface area (Å²) >= 11 is 0. The van der Waals surface area contributed by atoms with E-state index in [0.717, 1.165) is 25.7 Å². The van der Waals surface area contributed by atoms with Gasteiger partial charge in [-0.2, -0.15) is 0 Å². The lowest BCUT2D eigenvalue weighted by Gasteiger charge is -2.15. The van der Waals surface area contributed by atoms with Crippen molar-refractivity contribution in [3.63, 3.8) is 0 Å². The predicted octanol–water partition coefficient (Wildman–Crippen LogP) is 3.04. The Kier molecular flexibility index (Phi) is 7.95. The highest BCUT2D eigenvalue weighted by atomic mass is 16.4. The summed E-state index contributed by atoms with van der Waals surface area (Å²) in [6.45, 7) is 5.49. The molecule has 0 heterocycles. The third-order valence-electron chi connectivity index (χ3n) is 3.90. The van der Waals surface area contributed by atoms with Crippen LogP contribution >= 0.6 is 0 Å². The molecule has 0 saturated heterocycles. The molecule has 6 nitrogen and oxygen atoms in total. The molecule has 0 bridgehead atoms. The highest BCUT2D eigenvalue weighted by Crippen LogP contribution is 2.17. The number of benzene rings is 1. The molecule has 132 valence electrons. The number of hydrogen-bond acceptors (Lipinski definition) is 3. The maximum atomic E-state index is 12.2. The average molecular weight is 334 g/mol. The molecule has 0 aromatic heterocycles. The average Bonchev–Trinajstić information content (AvgIpc) is 2.56. The number of amides is 2. The van der Waals surface area contributed by atoms with Crippen LogP contribution < -0.4 is 10.6 Å². The van der Waals surface area contributed by atoms with Gasteiger partial charge in [0.25, 0.3) is 5.91 Å². The maximum absolute atomic E-state index is 12.2. The van der Waals surface area contributed by atoms with Crippen molar-refractivity contribution < 1.29 is 19.5 Å². The van der Waals surface area contributed by atoms with Crippen LogP contribution in [0.25, 0.3) is 0 Å². The van der Waals surface area contributed by atoms with E-state index in [0.29, 0.717) is 11.3 Å². The molecule has 2 atom stereocenters. The summed E-state index contributed by atoms with van der Waals surface area (Å²) in [5.74, 6) is -1.57. The van der Waals surface area contributed by atoms with Gasteiger partial charge in [0.05, 0.1) is 0 Å². The van der Waals surface area contributed by atoms with Crippen molar-refractivity contribution >= 4 is 23.5 Å². The van der Waals surface area contributed by atoms with Crippen LogP contribution in [0.2, 0.25) is 0 Å². The molecule has 1 aromatic rings. The Morgan fingerprint density at radius 2 is 1.75 bits per heavy atom. The van der Waals surface area contributed by atoms with Crippen LogP contribution in [0.1, 0.15) is 56.8 Å². The zero-order valence-corrected chi connectivity index (χ0v) is 14.5. The highest BCUT2D eigenvalue weighted by Gasteiger charge is 2.17. The second-order valence-electron chi connectivity index (χ2n) is 5.85. The van der Waals surface area contributed by atoms with E-state index in [-0.39, 0.29) is 11.8 Å². The first-order valence-corrected chi connectivity index (χ1v) is 8.33. The number of carboxylic acid groups (broad SMARTS) is 1. The SMILES string of the molecule is CCCCC(CC)C(=O)Nc1ccc(C(=O)NC(C)C(=O)O)cc1. The Balaban J connectivity index is 2.65. The number of hydrogen-bond donors (Lipinski definition) is 3. The molecule has 0 aliphatic heterocycles. The number of carbonyl (C=O) groups is 3. The van der Waals surface area contributed by atoms with E-state index >= 15 is 0 Å². The number of rotatable bonds is 9. The van der Waals surface area contributed by atoms with Crippen molar-refractivity contribution in [2.75, 3.05) is 5.32 Å². The van der Waals surface area contributed by atoms with Crippen molar-refractivity contribution in [3.8, 4) is 0 Å². The smallest absolute Gasteiger partial charge is 0.325 e. The number of carbonyl (C=O) groups excluding carboxylic acids is 2. The predicted molar refractivity (Wildman–Crippen MR) is 92.9 cm³/mol. The largest absolute Gasteiger partial charge is 0.480 e. The van der Waals surface area contributed by atoms with E-state index in [4.69, 9.17) is 5.11 Å². The Labute approximate surface area is 142 Å². The lowest BCUT2D eigenvalue weighted by molar-refractivity contribution is -0.138. The Morgan fingerprint density at radius 1 is 1.12 bits per heavy atom. The van der Waals surface area contributed by atoms with Crippen LogP contribution in [0.3, 0.4) is 0 Å². The first-order valence-electron chi connectivity index (χ1n) is 8.33. The topological polar surface area (TPSA) is 95.5 Å². The fourth-order valence-corrected chi connectivity index (χ4v) is 2.26. The van der Waals surface area contributed by atoms with Gasteiger partial charge in [-0.05, 0) is 44.0 Å². The molecule has 0 aliphatic rings. The molecule has 6 heteroatoms. The molecule has 0 radical (unpaired) electrons. The fraction of sp³-hybridized carbons (Fsp3) is 0.500. The van der Waals surface area contributed by atoms with Gasteiger partial charge in [0, 0.05) is 17.2 Å². The van der Waals surface area contributed by atoms with Gasteiger partial charge in [0.15, 0.2) is 0 Å². The molecule has 0 aliphatic carbocycles. The van der Waals surface area contributed by atoms with E-state index in [2.05, 4.69) is 17.6 Å². The standard InChI is InChI=1S/C18H26N2O4/c1-4-6-7-13(5-2)16(21)20-15-10-8-14(9-11-15)17(22)19-12(3)18(23)24/h8-13H,4-7H2,1-3H3,(H,19,22)(H,20,21)(H,23,24). The maximum Gasteiger partial charge on any atom is 0.325 e. The van der Waals surface area contributed by atoms with Crippen molar-refractivity contribution in [3.05, 3.63) is 29.8 Å². The second kappa shape index (κ2) is 9.70. The first kappa shape index (κ1) is 19.7. The summed E-state index contributed by atoms with van der Waals surface area (Å²) in [7, 11) is 0. The summed E-state index contributed by atoms with van der Waals surface area (Å²) in [5, 5.41) is 14.0. The van der Waals surface area contributed by atoms with E-state index in [1.165, 1.54) is 6.92 Å². The molecule has 24 heavy (non-hydrogen) atoms. The van der Waals surface area contributed by atoms with Crippen molar-refractivity contribution in [2.24, 2.45) is 5.92 Å². The van der Waals surface area contributed by atoms with Gasteiger partial charge < -0.3 is 15.7 Å². The fourth-order valence-electron chi connectivity index (χ4n) is 2.26. The van der Waals surface area contributed by atoms with Gasteiger partial charge >= 0.3 is 5.97 Å². The molecule has 2 amide bonds. The van der Waals surface area contributed by atoms with Crippen LogP contribution in [0.4, 0.5) is 5.69 Å². The van der Waals surface area contributed by atoms with Gasteiger partial charge in [-0.15, -0.1) is 0 Å². The van der Waals surface area contributed by atoms with E-state index in [1.807, 2.05) is 6.92 Å². The van der Waals surface area contributed by atoms with Gasteiger partial charge in [-0.1, -0.05) is 26.7 Å². The summed E-state index contributed by atoms with van der Waals surface area (Å²) in [6.07, 6.45) is 3.74. The van der Waals surface area contributed by atoms with E-state index < -0.39 is 17.9 Å². The summed E-state index contributed by atoms with van der Waals surface area (Å²) in [4.78, 5) is 34.9. The van der Waals surface area contributed by atoms with E-state index in [9.17, 15) is 14.4 Å². The molecule has 0 fully saturated rings. The minimum atomic E-state index is -1.09. The molecular weight excluding hydrogens is 308 g/mol. The number of unbranched alkanes of at least 4 members (excludes halogenated alkanes) is 1. The molecule has 1 rings (SSSR count). The lowest BCUT2D eigenvalue weighted by Crippen LogP contribution is -2.38. The summed E-state index contributed by atoms with van der Waals surface area (Å²) in [6, 6.07) is 5.45. The second-order valence-corrected chi connectivity index (χ2v) is 5.85. The summed E-state index contributed by atoms with van der Waals surface area (Å²) < 4.78 is 0. The third-order valence-corrected chi connectivity index (χ3v) is 3.90. The van der Waals surface area contributed by atoms with Gasteiger partial charge in [-0.3, -0.25) is 14.4 Å². The minimum Gasteiger partial charge on any atom is -0.480 e. The van der Waals surface area contributed by atoms with Crippen LogP contribution in [0, 0.1) is 5.92 Å². The van der Waals surface area contributed by atoms with Crippen LogP contribution in [-0.4, -0.2) is 28.9 Å². The molecule has 1 aromatic carbocycles. The van der Waals surface area contributed by atoms with Crippen molar-refractivity contribution in [1.82, 2.24) is 5.32 Å². The molecular formula is C18H26N2O4. The number of nitrogens with one attached hydrogen (secondary N) is 2. The number of anilines is 1.